The molecule has 22 heavy (non-hydrogen) atoms. The van der Waals surface area contributed by atoms with E-state index in [1.54, 1.807) is 36.2 Å². The predicted octanol–water partition coefficient (Wildman–Crippen LogP) is 2.35. The monoisotopic (exact) mass is 326 g/mol. The smallest absolute Gasteiger partial charge is 0.241 e. The minimum atomic E-state index is -3.65. The molecule has 0 radical (unpaired) electrons. The first kappa shape index (κ1) is 18.6. The first-order valence-electron chi connectivity index (χ1n) is 7.61. The quantitative estimate of drug-likeness (QED) is 0.797. The molecule has 0 bridgehead atoms. The number of amides is 1. The minimum absolute atomic E-state index is 0.181. The molecule has 1 rings (SSSR count). The van der Waals surface area contributed by atoms with Crippen molar-refractivity contribution >= 4 is 15.9 Å². The summed E-state index contributed by atoms with van der Waals surface area (Å²) in [6.45, 7) is 6.57. The van der Waals surface area contributed by atoms with Gasteiger partial charge in [0, 0.05) is 13.6 Å². The van der Waals surface area contributed by atoms with Gasteiger partial charge in [-0.05, 0) is 30.0 Å². The van der Waals surface area contributed by atoms with Crippen molar-refractivity contribution in [2.24, 2.45) is 0 Å². The van der Waals surface area contributed by atoms with Crippen molar-refractivity contribution in [1.82, 2.24) is 9.62 Å². The molecule has 0 aliphatic rings. The molecular formula is C16H26N2O3S. The van der Waals surface area contributed by atoms with Crippen LogP contribution in [0.15, 0.2) is 29.2 Å². The van der Waals surface area contributed by atoms with Crippen LogP contribution in [0.25, 0.3) is 0 Å². The highest BCUT2D eigenvalue weighted by Gasteiger charge is 2.17. The van der Waals surface area contributed by atoms with Gasteiger partial charge in [-0.2, -0.15) is 0 Å². The number of unbranched alkanes of at least 4 members (excludes halogenated alkanes) is 1. The average Bonchev–Trinajstić information content (AvgIpc) is 2.50. The lowest BCUT2D eigenvalue weighted by Crippen LogP contribution is -2.38. The molecule has 6 heteroatoms. The largest absolute Gasteiger partial charge is 0.345 e. The van der Waals surface area contributed by atoms with Crippen molar-refractivity contribution in [2.45, 2.75) is 44.4 Å². The summed E-state index contributed by atoms with van der Waals surface area (Å²) in [5.41, 5.74) is 1.08. The molecule has 0 spiro atoms. The third-order valence-electron chi connectivity index (χ3n) is 3.54. The summed E-state index contributed by atoms with van der Waals surface area (Å²) < 4.78 is 26.7. The van der Waals surface area contributed by atoms with Gasteiger partial charge in [0.15, 0.2) is 0 Å². The van der Waals surface area contributed by atoms with Crippen LogP contribution in [0.1, 0.15) is 45.1 Å². The summed E-state index contributed by atoms with van der Waals surface area (Å²) in [4.78, 5) is 13.6. The van der Waals surface area contributed by atoms with Crippen LogP contribution in [0.2, 0.25) is 0 Å². The molecule has 0 heterocycles. The molecule has 0 saturated heterocycles. The van der Waals surface area contributed by atoms with E-state index in [9.17, 15) is 13.2 Å². The molecular weight excluding hydrogens is 300 g/mol. The average molecular weight is 326 g/mol. The zero-order valence-corrected chi connectivity index (χ0v) is 14.6. The normalized spacial score (nSPS) is 11.7. The second-order valence-corrected chi connectivity index (χ2v) is 7.48. The van der Waals surface area contributed by atoms with Gasteiger partial charge in [-0.1, -0.05) is 39.3 Å². The molecule has 0 unspecified atom stereocenters. The van der Waals surface area contributed by atoms with Crippen molar-refractivity contribution in [3.8, 4) is 0 Å². The third kappa shape index (κ3) is 5.42. The highest BCUT2D eigenvalue weighted by Crippen LogP contribution is 2.17. The number of nitrogens with zero attached hydrogens (tertiary/aromatic N) is 1. The summed E-state index contributed by atoms with van der Waals surface area (Å²) >= 11 is 0. The second-order valence-electron chi connectivity index (χ2n) is 5.72. The number of hydrogen-bond acceptors (Lipinski definition) is 3. The van der Waals surface area contributed by atoms with Gasteiger partial charge < -0.3 is 4.90 Å². The van der Waals surface area contributed by atoms with E-state index in [4.69, 9.17) is 0 Å². The van der Waals surface area contributed by atoms with Crippen LogP contribution in [0.3, 0.4) is 0 Å². The molecule has 5 nitrogen and oxygen atoms in total. The molecule has 1 amide bonds. The van der Waals surface area contributed by atoms with Gasteiger partial charge >= 0.3 is 0 Å². The van der Waals surface area contributed by atoms with Gasteiger partial charge in [0.05, 0.1) is 11.4 Å². The summed E-state index contributed by atoms with van der Waals surface area (Å²) in [5.74, 6) is 0.120. The van der Waals surface area contributed by atoms with Crippen molar-refractivity contribution in [3.63, 3.8) is 0 Å². The molecule has 0 saturated carbocycles. The Kier molecular flexibility index (Phi) is 7.03. The Balaban J connectivity index is 2.65. The van der Waals surface area contributed by atoms with Crippen LogP contribution in [0.4, 0.5) is 0 Å². The standard InChI is InChI=1S/C16H26N2O3S/c1-5-6-11-18(4)16(19)12-17-22(20,21)15-9-7-14(8-10-15)13(2)3/h7-10,13,17H,5-6,11-12H2,1-4H3. The summed E-state index contributed by atoms with van der Waals surface area (Å²) in [7, 11) is -1.97. The first-order valence-corrected chi connectivity index (χ1v) is 9.09. The van der Waals surface area contributed by atoms with Crippen LogP contribution < -0.4 is 4.72 Å². The topological polar surface area (TPSA) is 66.5 Å². The lowest BCUT2D eigenvalue weighted by Gasteiger charge is -2.17. The number of nitrogens with one attached hydrogen (secondary N) is 1. The van der Waals surface area contributed by atoms with Crippen LogP contribution >= 0.6 is 0 Å². The highest BCUT2D eigenvalue weighted by molar-refractivity contribution is 7.89. The number of rotatable bonds is 8. The summed E-state index contributed by atoms with van der Waals surface area (Å²) in [6.07, 6.45) is 1.90. The van der Waals surface area contributed by atoms with Crippen LogP contribution in [0.5, 0.6) is 0 Å². The number of likely N-dealkylation sites (N-methyl/N-ethyl adjacent to an activating group) is 1. The van der Waals surface area contributed by atoms with E-state index in [0.717, 1.165) is 18.4 Å². The van der Waals surface area contributed by atoms with Gasteiger partial charge in [0.1, 0.15) is 0 Å². The zero-order chi connectivity index (χ0) is 16.8. The molecule has 0 aromatic heterocycles. The Morgan fingerprint density at radius 1 is 1.23 bits per heavy atom. The fourth-order valence-electron chi connectivity index (χ4n) is 1.93. The van der Waals surface area contributed by atoms with Crippen molar-refractivity contribution in [2.75, 3.05) is 20.1 Å². The Hall–Kier alpha value is -1.40. The van der Waals surface area contributed by atoms with Crippen molar-refractivity contribution in [1.29, 1.82) is 0 Å². The van der Waals surface area contributed by atoms with E-state index >= 15 is 0 Å². The second kappa shape index (κ2) is 8.29. The third-order valence-corrected chi connectivity index (χ3v) is 4.96. The maximum atomic E-state index is 12.2. The van der Waals surface area contributed by atoms with Crippen molar-refractivity contribution in [3.05, 3.63) is 29.8 Å². The molecule has 1 aromatic carbocycles. The maximum absolute atomic E-state index is 12.2. The van der Waals surface area contributed by atoms with E-state index in [1.165, 1.54) is 0 Å². The minimum Gasteiger partial charge on any atom is -0.345 e. The maximum Gasteiger partial charge on any atom is 0.241 e. The molecule has 1 N–H and O–H groups in total. The Labute approximate surface area is 133 Å². The predicted molar refractivity (Wildman–Crippen MR) is 88.3 cm³/mol. The van der Waals surface area contributed by atoms with Gasteiger partial charge in [-0.3, -0.25) is 4.79 Å². The van der Waals surface area contributed by atoms with E-state index < -0.39 is 10.0 Å². The van der Waals surface area contributed by atoms with E-state index in [1.807, 2.05) is 20.8 Å². The SMILES string of the molecule is CCCCN(C)C(=O)CNS(=O)(=O)c1ccc(C(C)C)cc1. The Morgan fingerprint density at radius 2 is 1.82 bits per heavy atom. The molecule has 0 fully saturated rings. The molecule has 1 aromatic rings. The van der Waals surface area contributed by atoms with Gasteiger partial charge in [0.25, 0.3) is 0 Å². The van der Waals surface area contributed by atoms with Gasteiger partial charge in [-0.15, -0.1) is 0 Å². The fourth-order valence-corrected chi connectivity index (χ4v) is 2.90. The first-order chi connectivity index (χ1) is 10.3. The Bertz CT molecular complexity index is 580. The number of hydrogen-bond donors (Lipinski definition) is 1. The van der Waals surface area contributed by atoms with Crippen LogP contribution in [0, 0.1) is 0 Å². The van der Waals surface area contributed by atoms with Crippen molar-refractivity contribution < 1.29 is 13.2 Å². The molecule has 124 valence electrons. The number of carbonyl (C=O) groups is 1. The van der Waals surface area contributed by atoms with E-state index in [-0.39, 0.29) is 17.3 Å². The Morgan fingerprint density at radius 3 is 2.32 bits per heavy atom. The van der Waals surface area contributed by atoms with Gasteiger partial charge in [-0.25, -0.2) is 13.1 Å². The zero-order valence-electron chi connectivity index (χ0n) is 13.8. The van der Waals surface area contributed by atoms with Crippen LogP contribution in [-0.4, -0.2) is 39.4 Å². The fraction of sp³-hybridized carbons (Fsp3) is 0.562. The molecule has 0 aliphatic carbocycles. The highest BCUT2D eigenvalue weighted by atomic mass is 32.2. The van der Waals surface area contributed by atoms with Crippen LogP contribution in [-0.2, 0) is 14.8 Å². The van der Waals surface area contributed by atoms with E-state index in [0.29, 0.717) is 12.5 Å². The lowest BCUT2D eigenvalue weighted by atomic mass is 10.0. The number of benzene rings is 1. The number of carbonyl (C=O) groups excluding carboxylic acids is 1. The molecule has 0 atom stereocenters. The summed E-state index contributed by atoms with van der Waals surface area (Å²) in [6, 6.07) is 6.74. The van der Waals surface area contributed by atoms with Gasteiger partial charge in [0.2, 0.25) is 15.9 Å². The van der Waals surface area contributed by atoms with E-state index in [2.05, 4.69) is 4.72 Å². The summed E-state index contributed by atoms with van der Waals surface area (Å²) in [5, 5.41) is 0. The number of sulfonamides is 1. The molecule has 0 aliphatic heterocycles. The lowest BCUT2D eigenvalue weighted by molar-refractivity contribution is -0.128.